The predicted octanol–water partition coefficient (Wildman–Crippen LogP) is 0.248. The molecule has 1 fully saturated rings. The van der Waals surface area contributed by atoms with Gasteiger partial charge in [-0.15, -0.1) is 0 Å². The second-order valence-corrected chi connectivity index (χ2v) is 29.9. The Kier molecular flexibility index (Phi) is 5.97. The van der Waals surface area contributed by atoms with Gasteiger partial charge in [-0.2, -0.15) is 0 Å². The molecule has 4 rings (SSSR count). The number of fused-ring (bicyclic) bond motifs is 1. The summed E-state index contributed by atoms with van der Waals surface area (Å²) in [6, 6.07) is 9.35. The van der Waals surface area contributed by atoms with Crippen molar-refractivity contribution < 1.29 is 44.8 Å². The molecule has 1 aromatic carbocycles. The number of hydrogen-bond acceptors (Lipinski definition) is 0. The second-order valence-electron chi connectivity index (χ2n) is 8.43. The first kappa shape index (κ1) is 20.4. The van der Waals surface area contributed by atoms with Crippen molar-refractivity contribution in [3.63, 3.8) is 0 Å². The molecule has 2 aliphatic carbocycles. The molecule has 0 radical (unpaired) electrons. The van der Waals surface area contributed by atoms with Gasteiger partial charge >= 0.3 is 141 Å². The maximum absolute atomic E-state index is 2.76. The quantitative estimate of drug-likeness (QED) is 0.480. The Morgan fingerprint density at radius 2 is 1.67 bits per heavy atom. The molecule has 1 aromatic rings. The molecule has 0 N–H and O–H groups in total. The molecule has 0 nitrogen and oxygen atoms in total. The summed E-state index contributed by atoms with van der Waals surface area (Å²) in [7, 11) is -1.26. The van der Waals surface area contributed by atoms with E-state index in [0.717, 1.165) is 3.67 Å². The van der Waals surface area contributed by atoms with E-state index in [2.05, 4.69) is 69.1 Å². The Morgan fingerprint density at radius 3 is 2.21 bits per heavy atom. The van der Waals surface area contributed by atoms with Crippen molar-refractivity contribution in [1.29, 1.82) is 0 Å². The standard InChI is InChI=1S/C12H15Si.C6H7.C2H4.2ClH.Hf/c1-13(2,3)12-9-8-10-6-4-5-7-11(10)12;1-6-4-2-3-5-6;1-2;;;/h4-9H,1-3H3;2,4H,5H2,1H3;1-2H2;2*1H;/q;;;;;+2/p-2. The number of benzene rings is 1. The zero-order valence-electron chi connectivity index (χ0n) is 15.0. The van der Waals surface area contributed by atoms with Gasteiger partial charge in [0.15, 0.2) is 0 Å². The van der Waals surface area contributed by atoms with Crippen LogP contribution in [0.5, 0.6) is 0 Å². The number of hydrogen-bond donors (Lipinski definition) is 0. The smallest absolute Gasteiger partial charge is 1.00 e. The summed E-state index contributed by atoms with van der Waals surface area (Å²) in [6.45, 7) is 9.83. The van der Waals surface area contributed by atoms with Crippen LogP contribution in [0.4, 0.5) is 0 Å². The van der Waals surface area contributed by atoms with E-state index in [0.29, 0.717) is 0 Å². The minimum absolute atomic E-state index is 0. The van der Waals surface area contributed by atoms with E-state index in [1.165, 1.54) is 6.42 Å². The molecule has 1 heterocycles. The zero-order chi connectivity index (χ0) is 15.5. The average Bonchev–Trinajstić information content (AvgIpc) is 2.97. The van der Waals surface area contributed by atoms with E-state index in [1.807, 2.05) is 3.33 Å². The van der Waals surface area contributed by atoms with Crippen LogP contribution in [0.2, 0.25) is 28.0 Å². The van der Waals surface area contributed by atoms with Gasteiger partial charge in [0.05, 0.1) is 0 Å². The molecular weight excluding hydrogens is 518 g/mol. The Hall–Kier alpha value is 0.107. The van der Waals surface area contributed by atoms with E-state index in [9.17, 15) is 0 Å². The van der Waals surface area contributed by atoms with Gasteiger partial charge < -0.3 is 24.8 Å². The molecule has 1 unspecified atom stereocenters. The molecule has 1 saturated heterocycles. The Morgan fingerprint density at radius 1 is 1.00 bits per heavy atom. The van der Waals surface area contributed by atoms with E-state index < -0.39 is 28.0 Å². The van der Waals surface area contributed by atoms with Gasteiger partial charge in [-0.3, -0.25) is 0 Å². The summed E-state index contributed by atoms with van der Waals surface area (Å²) >= 11 is -2.26. The Labute approximate surface area is 164 Å². The van der Waals surface area contributed by atoms with Crippen molar-refractivity contribution in [3.8, 4) is 0 Å². The van der Waals surface area contributed by atoms with Gasteiger partial charge in [0, 0.05) is 0 Å². The van der Waals surface area contributed by atoms with Gasteiger partial charge in [-0.05, 0) is 0 Å². The maximum atomic E-state index is 2.76. The molecular formula is C20H26Cl2HfSi. The summed E-state index contributed by atoms with van der Waals surface area (Å²) in [5.74, 6) is 0. The fraction of sp³-hybridized carbons (Fsp3) is 0.400. The van der Waals surface area contributed by atoms with Crippen molar-refractivity contribution in [1.82, 2.24) is 0 Å². The summed E-state index contributed by atoms with van der Waals surface area (Å²) in [5, 5.41) is 1.74. The van der Waals surface area contributed by atoms with E-state index in [4.69, 9.17) is 0 Å². The average molecular weight is 544 g/mol. The molecule has 24 heavy (non-hydrogen) atoms. The van der Waals surface area contributed by atoms with Crippen LogP contribution in [0.15, 0.2) is 51.4 Å². The molecule has 0 aromatic heterocycles. The predicted molar refractivity (Wildman–Crippen MR) is 96.6 cm³/mol. The summed E-state index contributed by atoms with van der Waals surface area (Å²) in [4.78, 5) is 0. The van der Waals surface area contributed by atoms with Crippen LogP contribution < -0.4 is 24.8 Å². The van der Waals surface area contributed by atoms with Crippen LogP contribution in [0, 0.1) is 0 Å². The summed E-state index contributed by atoms with van der Waals surface area (Å²) < 4.78 is 5.94. The first-order valence-electron chi connectivity index (χ1n) is 8.60. The first-order chi connectivity index (χ1) is 10.4. The fourth-order valence-electron chi connectivity index (χ4n) is 4.44. The third-order valence-corrected chi connectivity index (χ3v) is 25.3. The summed E-state index contributed by atoms with van der Waals surface area (Å²) in [5.41, 5.74) is 4.90. The van der Waals surface area contributed by atoms with Crippen molar-refractivity contribution in [3.05, 3.63) is 62.5 Å². The van der Waals surface area contributed by atoms with Crippen LogP contribution >= 0.6 is 0 Å². The molecule has 3 aliphatic rings. The number of rotatable bonds is 3. The molecule has 128 valence electrons. The number of allylic oxidation sites excluding steroid dienone is 5. The van der Waals surface area contributed by atoms with Gasteiger partial charge in [0.2, 0.25) is 0 Å². The normalized spacial score (nSPS) is 22.0. The third-order valence-electron chi connectivity index (χ3n) is 5.79. The van der Waals surface area contributed by atoms with Crippen LogP contribution in [-0.4, -0.2) is 8.07 Å². The fourth-order valence-corrected chi connectivity index (χ4v) is 30.2. The van der Waals surface area contributed by atoms with Crippen molar-refractivity contribution in [2.24, 2.45) is 0 Å². The molecule has 0 spiro atoms. The molecule has 0 amide bonds. The number of halogens is 2. The first-order valence-corrected chi connectivity index (χ1v) is 21.1. The van der Waals surface area contributed by atoms with E-state index in [-0.39, 0.29) is 24.8 Å². The molecule has 4 heteroatoms. The second kappa shape index (κ2) is 7.02. The van der Waals surface area contributed by atoms with Crippen molar-refractivity contribution >= 4 is 13.3 Å². The Bertz CT molecular complexity index is 736. The van der Waals surface area contributed by atoms with Crippen molar-refractivity contribution in [2.75, 3.05) is 0 Å². The third kappa shape index (κ3) is 3.24. The zero-order valence-corrected chi connectivity index (χ0v) is 21.1. The largest absolute Gasteiger partial charge is 1.00 e. The van der Waals surface area contributed by atoms with Gasteiger partial charge in [0.1, 0.15) is 0 Å². The van der Waals surface area contributed by atoms with E-state index in [1.54, 1.807) is 30.3 Å². The molecule has 1 atom stereocenters. The molecule has 1 aliphatic heterocycles. The summed E-state index contributed by atoms with van der Waals surface area (Å²) in [6.07, 6.45) is 8.97. The van der Waals surface area contributed by atoms with Gasteiger partial charge in [-0.1, -0.05) is 0 Å². The van der Waals surface area contributed by atoms with Gasteiger partial charge in [0.25, 0.3) is 0 Å². The molecule has 0 bridgehead atoms. The molecule has 0 saturated carbocycles. The van der Waals surface area contributed by atoms with Crippen LogP contribution in [0.3, 0.4) is 0 Å². The Balaban J connectivity index is 0.00000104. The minimum atomic E-state index is -2.26. The monoisotopic (exact) mass is 544 g/mol. The van der Waals surface area contributed by atoms with Crippen LogP contribution in [-0.2, 0) is 20.0 Å². The van der Waals surface area contributed by atoms with E-state index >= 15 is 0 Å². The van der Waals surface area contributed by atoms with Crippen LogP contribution in [0.1, 0.15) is 28.1 Å². The topological polar surface area (TPSA) is 0 Å². The maximum Gasteiger partial charge on any atom is -1.00 e. The minimum Gasteiger partial charge on any atom is -1.00 e. The van der Waals surface area contributed by atoms with Crippen molar-refractivity contribution in [2.45, 2.75) is 45.0 Å². The van der Waals surface area contributed by atoms with Crippen LogP contribution in [0.25, 0.3) is 5.20 Å². The van der Waals surface area contributed by atoms with Gasteiger partial charge in [-0.25, -0.2) is 0 Å². The SMILES string of the molecule is CC1=CC=[C]([Hf+2]2([CH]3C=C([Si](C)(C)C)c4ccccc43)[CH2][CH2]2)C1.[Cl-].[Cl-].